The molecule has 39 heavy (non-hydrogen) atoms. The standard InChI is InChI=1S/C31H40O8/c1-19-11-13-20(14-12-19)16-32-17-25-27(39-31(4,5)37-25)28-26-23(36-30(2,3)38-26)15-22(34-28)24-18-33-29(35-24)21-9-7-6-8-10-21/h6-14,22-29H,15-18H2,1-5H3/t22-,23+,24+,25+,26+,27-,28+,29?/m0/s1. The molecule has 8 atom stereocenters. The lowest BCUT2D eigenvalue weighted by Crippen LogP contribution is -2.57. The molecule has 4 heterocycles. The molecule has 212 valence electrons. The second-order valence-corrected chi connectivity index (χ2v) is 11.9. The number of rotatable bonds is 7. The molecule has 0 N–H and O–H groups in total. The third-order valence-corrected chi connectivity index (χ3v) is 7.76. The molecule has 0 bridgehead atoms. The average Bonchev–Trinajstić information content (AvgIpc) is 3.59. The minimum Gasteiger partial charge on any atom is -0.374 e. The number of hydrogen-bond acceptors (Lipinski definition) is 8. The highest BCUT2D eigenvalue weighted by atomic mass is 16.8. The van der Waals surface area contributed by atoms with Crippen molar-refractivity contribution in [1.29, 1.82) is 0 Å². The van der Waals surface area contributed by atoms with Crippen LogP contribution in [-0.4, -0.2) is 67.5 Å². The maximum atomic E-state index is 6.78. The zero-order valence-electron chi connectivity index (χ0n) is 23.4. The van der Waals surface area contributed by atoms with Crippen molar-refractivity contribution in [2.24, 2.45) is 0 Å². The number of benzene rings is 2. The van der Waals surface area contributed by atoms with Crippen molar-refractivity contribution in [2.75, 3.05) is 13.2 Å². The van der Waals surface area contributed by atoms with E-state index in [1.54, 1.807) is 0 Å². The molecule has 4 saturated heterocycles. The zero-order valence-corrected chi connectivity index (χ0v) is 23.4. The predicted octanol–water partition coefficient (Wildman–Crippen LogP) is 4.82. The fraction of sp³-hybridized carbons (Fsp3) is 0.613. The summed E-state index contributed by atoms with van der Waals surface area (Å²) in [6.45, 7) is 11.1. The predicted molar refractivity (Wildman–Crippen MR) is 142 cm³/mol. The Bertz CT molecular complexity index is 1100. The number of hydrogen-bond donors (Lipinski definition) is 0. The quantitative estimate of drug-likeness (QED) is 0.495. The summed E-state index contributed by atoms with van der Waals surface area (Å²) in [7, 11) is 0. The second kappa shape index (κ2) is 10.8. The molecule has 2 aromatic carbocycles. The van der Waals surface area contributed by atoms with E-state index in [-0.39, 0.29) is 30.5 Å². The van der Waals surface area contributed by atoms with Crippen molar-refractivity contribution in [1.82, 2.24) is 0 Å². The van der Waals surface area contributed by atoms with Gasteiger partial charge in [0, 0.05) is 12.0 Å². The first-order valence-electron chi connectivity index (χ1n) is 14.0. The first-order valence-corrected chi connectivity index (χ1v) is 14.0. The fourth-order valence-electron chi connectivity index (χ4n) is 6.04. The summed E-state index contributed by atoms with van der Waals surface area (Å²) in [4.78, 5) is 0. The highest BCUT2D eigenvalue weighted by Gasteiger charge is 2.58. The third-order valence-electron chi connectivity index (χ3n) is 7.76. The van der Waals surface area contributed by atoms with Crippen molar-refractivity contribution in [2.45, 2.75) is 108 Å². The molecule has 6 rings (SSSR count). The summed E-state index contributed by atoms with van der Waals surface area (Å²) < 4.78 is 50.8. The fourth-order valence-corrected chi connectivity index (χ4v) is 6.04. The Morgan fingerprint density at radius 3 is 2.23 bits per heavy atom. The summed E-state index contributed by atoms with van der Waals surface area (Å²) in [6, 6.07) is 18.3. The van der Waals surface area contributed by atoms with Gasteiger partial charge >= 0.3 is 0 Å². The molecular formula is C31H40O8. The first kappa shape index (κ1) is 27.3. The van der Waals surface area contributed by atoms with Gasteiger partial charge < -0.3 is 37.9 Å². The summed E-state index contributed by atoms with van der Waals surface area (Å²) >= 11 is 0. The SMILES string of the molecule is Cc1ccc(COC[C@H]2OC(C)(C)O[C@@H]2[C@@H]2O[C@H]([C@H]3COC(c4ccccc4)O3)C[C@H]3OC(C)(C)O[C@@H]23)cc1. The highest BCUT2D eigenvalue weighted by molar-refractivity contribution is 5.20. The molecule has 0 radical (unpaired) electrons. The molecule has 0 amide bonds. The molecule has 0 spiro atoms. The number of fused-ring (bicyclic) bond motifs is 1. The molecule has 8 nitrogen and oxygen atoms in total. The normalized spacial score (nSPS) is 37.2. The van der Waals surface area contributed by atoms with E-state index in [2.05, 4.69) is 31.2 Å². The van der Waals surface area contributed by atoms with Crippen molar-refractivity contribution >= 4 is 0 Å². The largest absolute Gasteiger partial charge is 0.374 e. The van der Waals surface area contributed by atoms with E-state index in [0.29, 0.717) is 26.2 Å². The van der Waals surface area contributed by atoms with Gasteiger partial charge in [-0.3, -0.25) is 0 Å². The van der Waals surface area contributed by atoms with Gasteiger partial charge in [0.15, 0.2) is 17.9 Å². The van der Waals surface area contributed by atoms with Crippen LogP contribution in [0.3, 0.4) is 0 Å². The van der Waals surface area contributed by atoms with E-state index in [9.17, 15) is 0 Å². The number of aryl methyl sites for hydroxylation is 1. The van der Waals surface area contributed by atoms with Crippen molar-refractivity contribution in [3.8, 4) is 0 Å². The summed E-state index contributed by atoms with van der Waals surface area (Å²) in [6.07, 6.45) is -1.88. The Labute approximate surface area is 230 Å². The molecule has 0 aliphatic carbocycles. The Morgan fingerprint density at radius 1 is 0.744 bits per heavy atom. The van der Waals surface area contributed by atoms with Crippen LogP contribution in [0.2, 0.25) is 0 Å². The van der Waals surface area contributed by atoms with Gasteiger partial charge in [-0.15, -0.1) is 0 Å². The molecule has 2 aromatic rings. The maximum Gasteiger partial charge on any atom is 0.184 e. The molecule has 0 saturated carbocycles. The number of ether oxygens (including phenoxy) is 8. The summed E-state index contributed by atoms with van der Waals surface area (Å²) in [5.74, 6) is -1.51. The Hall–Kier alpha value is -1.88. The maximum absolute atomic E-state index is 6.78. The van der Waals surface area contributed by atoms with Gasteiger partial charge in [0.05, 0.1) is 32.0 Å². The van der Waals surface area contributed by atoms with Crippen molar-refractivity contribution in [3.63, 3.8) is 0 Å². The van der Waals surface area contributed by atoms with Crippen LogP contribution in [0.5, 0.6) is 0 Å². The van der Waals surface area contributed by atoms with Crippen molar-refractivity contribution in [3.05, 3.63) is 71.3 Å². The van der Waals surface area contributed by atoms with E-state index < -0.39 is 30.1 Å². The monoisotopic (exact) mass is 540 g/mol. The van der Waals surface area contributed by atoms with E-state index in [4.69, 9.17) is 37.9 Å². The van der Waals surface area contributed by atoms with Crippen LogP contribution in [0.1, 0.15) is 57.1 Å². The minimum atomic E-state index is -0.783. The van der Waals surface area contributed by atoms with Crippen LogP contribution < -0.4 is 0 Å². The van der Waals surface area contributed by atoms with Crippen LogP contribution in [-0.2, 0) is 44.5 Å². The van der Waals surface area contributed by atoms with Gasteiger partial charge in [-0.25, -0.2) is 0 Å². The van der Waals surface area contributed by atoms with Gasteiger partial charge in [-0.1, -0.05) is 60.2 Å². The van der Waals surface area contributed by atoms with Crippen LogP contribution in [0, 0.1) is 6.92 Å². The Balaban J connectivity index is 1.17. The van der Waals surface area contributed by atoms with E-state index in [0.717, 1.165) is 11.1 Å². The van der Waals surface area contributed by atoms with Crippen LogP contribution in [0.25, 0.3) is 0 Å². The van der Waals surface area contributed by atoms with Crippen molar-refractivity contribution < 1.29 is 37.9 Å². The lowest BCUT2D eigenvalue weighted by atomic mass is 9.91. The lowest BCUT2D eigenvalue weighted by Gasteiger charge is -2.41. The topological polar surface area (TPSA) is 73.8 Å². The van der Waals surface area contributed by atoms with E-state index >= 15 is 0 Å². The van der Waals surface area contributed by atoms with E-state index in [1.807, 2.05) is 58.0 Å². The molecule has 8 heteroatoms. The van der Waals surface area contributed by atoms with E-state index in [1.165, 1.54) is 5.56 Å². The van der Waals surface area contributed by atoms with Gasteiger partial charge in [0.1, 0.15) is 30.5 Å². The third kappa shape index (κ3) is 6.09. The van der Waals surface area contributed by atoms with Gasteiger partial charge in [0.25, 0.3) is 0 Å². The highest BCUT2D eigenvalue weighted by Crippen LogP contribution is 2.44. The summed E-state index contributed by atoms with van der Waals surface area (Å²) in [5, 5.41) is 0. The molecular weight excluding hydrogens is 500 g/mol. The molecule has 4 aliphatic rings. The Kier molecular flexibility index (Phi) is 7.58. The Morgan fingerprint density at radius 2 is 1.46 bits per heavy atom. The second-order valence-electron chi connectivity index (χ2n) is 11.9. The van der Waals surface area contributed by atoms with Crippen LogP contribution >= 0.6 is 0 Å². The van der Waals surface area contributed by atoms with Crippen LogP contribution in [0.4, 0.5) is 0 Å². The first-order chi connectivity index (χ1) is 18.7. The zero-order chi connectivity index (χ0) is 27.2. The van der Waals surface area contributed by atoms with Gasteiger partial charge in [-0.2, -0.15) is 0 Å². The molecule has 0 aromatic heterocycles. The smallest absolute Gasteiger partial charge is 0.184 e. The van der Waals surface area contributed by atoms with Gasteiger partial charge in [-0.05, 0) is 40.2 Å². The molecule has 1 unspecified atom stereocenters. The minimum absolute atomic E-state index is 0.162. The molecule has 4 fully saturated rings. The molecule has 4 aliphatic heterocycles. The van der Waals surface area contributed by atoms with Gasteiger partial charge in [0.2, 0.25) is 0 Å². The summed E-state index contributed by atoms with van der Waals surface area (Å²) in [5.41, 5.74) is 3.33. The lowest BCUT2D eigenvalue weighted by molar-refractivity contribution is -0.219. The average molecular weight is 541 g/mol. The van der Waals surface area contributed by atoms with Crippen LogP contribution in [0.15, 0.2) is 54.6 Å².